The summed E-state index contributed by atoms with van der Waals surface area (Å²) in [6, 6.07) is 5.66. The number of rotatable bonds is 6. The molecule has 146 valence electrons. The normalized spacial score (nSPS) is 10.8. The molecule has 0 unspecified atom stereocenters. The summed E-state index contributed by atoms with van der Waals surface area (Å²) in [7, 11) is 1.54. The zero-order valence-electron chi connectivity index (χ0n) is 14.5. The quantitative estimate of drug-likeness (QED) is 0.646. The van der Waals surface area contributed by atoms with Crippen LogP contribution in [-0.2, 0) is 11.3 Å². The van der Waals surface area contributed by atoms with E-state index >= 15 is 0 Å². The summed E-state index contributed by atoms with van der Waals surface area (Å²) in [4.78, 5) is 37.0. The number of nitrogens with zero attached hydrogens (tertiary/aromatic N) is 3. The first-order chi connectivity index (χ1) is 13.4. The van der Waals surface area contributed by atoms with E-state index in [1.807, 2.05) is 0 Å². The molecule has 0 atom stereocenters. The lowest BCUT2D eigenvalue weighted by Gasteiger charge is -2.13. The summed E-state index contributed by atoms with van der Waals surface area (Å²) in [5, 5.41) is 3.96. The predicted octanol–water partition coefficient (Wildman–Crippen LogP) is 1.83. The van der Waals surface area contributed by atoms with E-state index in [4.69, 9.17) is 32.7 Å². The molecule has 0 spiro atoms. The van der Waals surface area contributed by atoms with Gasteiger partial charge in [-0.1, -0.05) is 23.2 Å². The lowest BCUT2D eigenvalue weighted by Crippen LogP contribution is -2.30. The highest BCUT2D eigenvalue weighted by molar-refractivity contribution is 6.37. The van der Waals surface area contributed by atoms with E-state index in [1.54, 1.807) is 0 Å². The number of nitrogens with one attached hydrogen (secondary N) is 1. The van der Waals surface area contributed by atoms with Crippen molar-refractivity contribution >= 4 is 23.2 Å². The summed E-state index contributed by atoms with van der Waals surface area (Å²) in [5.41, 5.74) is -1.32. The van der Waals surface area contributed by atoms with Crippen LogP contribution in [0.4, 0.5) is 0 Å². The van der Waals surface area contributed by atoms with E-state index in [0.717, 1.165) is 10.9 Å². The number of H-pyrrole nitrogens is 1. The van der Waals surface area contributed by atoms with Gasteiger partial charge in [-0.15, -0.1) is 0 Å². The van der Waals surface area contributed by atoms with Crippen LogP contribution >= 0.6 is 23.2 Å². The fraction of sp³-hybridized carbons (Fsp3) is 0.176. The Morgan fingerprint density at radius 3 is 2.50 bits per heavy atom. The lowest BCUT2D eigenvalue weighted by molar-refractivity contribution is 0.186. The Morgan fingerprint density at radius 1 is 1.14 bits per heavy atom. The molecule has 28 heavy (non-hydrogen) atoms. The van der Waals surface area contributed by atoms with Gasteiger partial charge in [-0.25, -0.2) is 4.79 Å². The molecular formula is C17H14Cl2N4O5. The topological polar surface area (TPSA) is 108 Å². The van der Waals surface area contributed by atoms with E-state index in [1.165, 1.54) is 42.1 Å². The van der Waals surface area contributed by atoms with Crippen molar-refractivity contribution < 1.29 is 9.47 Å². The van der Waals surface area contributed by atoms with Gasteiger partial charge in [0.05, 0.1) is 22.3 Å². The SMILES string of the molecule is COCCn1cc(Oc2c(Cl)cc(-n3ncc(=O)[nH]c3=O)cc2Cl)ccc1=O. The number of hydrogen-bond acceptors (Lipinski definition) is 6. The van der Waals surface area contributed by atoms with E-state index < -0.39 is 11.2 Å². The van der Waals surface area contributed by atoms with Crippen LogP contribution in [0.15, 0.2) is 51.0 Å². The van der Waals surface area contributed by atoms with E-state index in [9.17, 15) is 14.4 Å². The summed E-state index contributed by atoms with van der Waals surface area (Å²) in [5.74, 6) is 0.480. The standard InChI is InChI=1S/C17H14Cl2N4O5/c1-27-5-4-22-9-11(2-3-15(22)25)28-16-12(18)6-10(7-13(16)19)23-17(26)21-14(24)8-20-23/h2-3,6-9H,4-5H2,1H3,(H,21,24,26). The van der Waals surface area contributed by atoms with Crippen LogP contribution in [0, 0.1) is 0 Å². The summed E-state index contributed by atoms with van der Waals surface area (Å²) < 4.78 is 13.1. The molecule has 0 bridgehead atoms. The Morgan fingerprint density at radius 2 is 1.86 bits per heavy atom. The number of aromatic nitrogens is 4. The number of pyridine rings is 1. The molecule has 1 aromatic carbocycles. The van der Waals surface area contributed by atoms with Gasteiger partial charge in [-0.3, -0.25) is 14.6 Å². The van der Waals surface area contributed by atoms with Crippen LogP contribution in [0.3, 0.4) is 0 Å². The van der Waals surface area contributed by atoms with Crippen molar-refractivity contribution in [2.75, 3.05) is 13.7 Å². The highest BCUT2D eigenvalue weighted by Crippen LogP contribution is 2.37. The maximum Gasteiger partial charge on any atom is 0.349 e. The fourth-order valence-electron chi connectivity index (χ4n) is 2.36. The second kappa shape index (κ2) is 8.42. The number of ether oxygens (including phenoxy) is 2. The second-order valence-electron chi connectivity index (χ2n) is 5.58. The zero-order valence-corrected chi connectivity index (χ0v) is 16.0. The molecule has 0 saturated heterocycles. The Kier molecular flexibility index (Phi) is 5.98. The number of benzene rings is 1. The number of aromatic amines is 1. The van der Waals surface area contributed by atoms with Gasteiger partial charge in [0.2, 0.25) is 0 Å². The third kappa shape index (κ3) is 4.33. The minimum Gasteiger partial charge on any atom is -0.453 e. The lowest BCUT2D eigenvalue weighted by atomic mass is 10.3. The molecule has 3 aromatic rings. The van der Waals surface area contributed by atoms with Gasteiger partial charge in [-0.2, -0.15) is 9.78 Å². The molecule has 9 nitrogen and oxygen atoms in total. The molecule has 11 heteroatoms. The largest absolute Gasteiger partial charge is 0.453 e. The molecule has 0 fully saturated rings. The second-order valence-corrected chi connectivity index (χ2v) is 6.40. The monoisotopic (exact) mass is 424 g/mol. The first-order valence-electron chi connectivity index (χ1n) is 7.94. The third-order valence-electron chi connectivity index (χ3n) is 3.65. The molecule has 0 aliphatic carbocycles. The van der Waals surface area contributed by atoms with Crippen LogP contribution in [0.25, 0.3) is 5.69 Å². The van der Waals surface area contributed by atoms with Crippen LogP contribution < -0.4 is 21.5 Å². The summed E-state index contributed by atoms with van der Waals surface area (Å²) in [6.45, 7) is 0.716. The average Bonchev–Trinajstić information content (AvgIpc) is 2.64. The molecule has 0 aliphatic heterocycles. The third-order valence-corrected chi connectivity index (χ3v) is 4.21. The van der Waals surface area contributed by atoms with Gasteiger partial charge in [0.15, 0.2) is 5.75 Å². The Hall–Kier alpha value is -2.88. The minimum atomic E-state index is -0.737. The molecule has 0 amide bonds. The number of halogens is 2. The van der Waals surface area contributed by atoms with Crippen molar-refractivity contribution in [2.24, 2.45) is 0 Å². The molecule has 2 heterocycles. The minimum absolute atomic E-state index is 0.108. The molecule has 1 N–H and O–H groups in total. The van der Waals surface area contributed by atoms with Crippen molar-refractivity contribution in [1.29, 1.82) is 0 Å². The summed E-state index contributed by atoms with van der Waals surface area (Å²) in [6.07, 6.45) is 2.47. The van der Waals surface area contributed by atoms with E-state index in [-0.39, 0.29) is 27.0 Å². The predicted molar refractivity (Wildman–Crippen MR) is 103 cm³/mol. The molecular weight excluding hydrogens is 411 g/mol. The van der Waals surface area contributed by atoms with Gasteiger partial charge in [-0.05, 0) is 18.2 Å². The van der Waals surface area contributed by atoms with Crippen molar-refractivity contribution in [3.05, 3.63) is 77.9 Å². The average molecular weight is 425 g/mol. The highest BCUT2D eigenvalue weighted by Gasteiger charge is 2.14. The number of hydrogen-bond donors (Lipinski definition) is 1. The van der Waals surface area contributed by atoms with Crippen LogP contribution in [0.5, 0.6) is 11.5 Å². The van der Waals surface area contributed by atoms with Crippen LogP contribution in [0.2, 0.25) is 10.0 Å². The first-order valence-corrected chi connectivity index (χ1v) is 8.70. The number of methoxy groups -OCH3 is 1. The Balaban J connectivity index is 1.95. The van der Waals surface area contributed by atoms with Gasteiger partial charge in [0.25, 0.3) is 11.1 Å². The molecule has 0 aliphatic rings. The van der Waals surface area contributed by atoms with Crippen LogP contribution in [-0.4, -0.2) is 33.0 Å². The maximum atomic E-state index is 11.9. The molecule has 0 radical (unpaired) electrons. The van der Waals surface area contributed by atoms with Gasteiger partial charge in [0, 0.05) is 25.9 Å². The molecule has 3 rings (SSSR count). The maximum absolute atomic E-state index is 11.9. The summed E-state index contributed by atoms with van der Waals surface area (Å²) >= 11 is 12.5. The van der Waals surface area contributed by atoms with Crippen molar-refractivity contribution in [2.45, 2.75) is 6.54 Å². The van der Waals surface area contributed by atoms with Crippen LogP contribution in [0.1, 0.15) is 0 Å². The Labute approximate surface area is 167 Å². The van der Waals surface area contributed by atoms with Gasteiger partial charge < -0.3 is 14.0 Å². The van der Waals surface area contributed by atoms with E-state index in [2.05, 4.69) is 10.1 Å². The Bertz CT molecular complexity index is 1160. The zero-order chi connectivity index (χ0) is 20.3. The van der Waals surface area contributed by atoms with Gasteiger partial charge >= 0.3 is 5.69 Å². The smallest absolute Gasteiger partial charge is 0.349 e. The molecule has 2 aromatic heterocycles. The van der Waals surface area contributed by atoms with Gasteiger partial charge in [0.1, 0.15) is 11.9 Å². The van der Waals surface area contributed by atoms with E-state index in [0.29, 0.717) is 18.9 Å². The fourth-order valence-corrected chi connectivity index (χ4v) is 2.91. The highest BCUT2D eigenvalue weighted by atomic mass is 35.5. The molecule has 0 saturated carbocycles. The first kappa shape index (κ1) is 19.9. The van der Waals surface area contributed by atoms with Crippen molar-refractivity contribution in [3.63, 3.8) is 0 Å². The van der Waals surface area contributed by atoms with Crippen molar-refractivity contribution in [1.82, 2.24) is 19.3 Å². The van der Waals surface area contributed by atoms with Crippen molar-refractivity contribution in [3.8, 4) is 17.2 Å².